The number of hydrogen-bond donors (Lipinski definition) is 1. The first-order valence-corrected chi connectivity index (χ1v) is 7.62. The maximum absolute atomic E-state index is 11.4. The van der Waals surface area contributed by atoms with Gasteiger partial charge in [-0.1, -0.05) is 6.92 Å². The molecule has 0 radical (unpaired) electrons. The number of hydrogen-bond acceptors (Lipinski definition) is 5. The number of piperazine rings is 1. The van der Waals surface area contributed by atoms with Crippen LogP contribution >= 0.6 is 0 Å². The first-order valence-electron chi connectivity index (χ1n) is 7.62. The summed E-state index contributed by atoms with van der Waals surface area (Å²) in [6.45, 7) is 8.98. The van der Waals surface area contributed by atoms with Gasteiger partial charge >= 0.3 is 0 Å². The SMILES string of the molecule is CCCc1nc(NC)c(C)c(N2CCN(C(C)=O)CC2)n1. The van der Waals surface area contributed by atoms with E-state index in [2.05, 4.69) is 22.1 Å². The number of amides is 1. The molecule has 2 rings (SSSR count). The molecular formula is C15H25N5O. The van der Waals surface area contributed by atoms with E-state index in [0.717, 1.165) is 62.0 Å². The van der Waals surface area contributed by atoms with Crippen molar-refractivity contribution in [3.63, 3.8) is 0 Å². The normalized spacial score (nSPS) is 15.2. The van der Waals surface area contributed by atoms with Crippen LogP contribution in [0.2, 0.25) is 0 Å². The molecule has 116 valence electrons. The van der Waals surface area contributed by atoms with Crippen molar-refractivity contribution in [2.24, 2.45) is 0 Å². The Labute approximate surface area is 126 Å². The van der Waals surface area contributed by atoms with Gasteiger partial charge in [0, 0.05) is 52.1 Å². The van der Waals surface area contributed by atoms with E-state index in [9.17, 15) is 4.79 Å². The second-order valence-corrected chi connectivity index (χ2v) is 5.43. The lowest BCUT2D eigenvalue weighted by Gasteiger charge is -2.35. The highest BCUT2D eigenvalue weighted by Crippen LogP contribution is 2.24. The van der Waals surface area contributed by atoms with Crippen LogP contribution < -0.4 is 10.2 Å². The van der Waals surface area contributed by atoms with Crippen molar-refractivity contribution in [3.8, 4) is 0 Å². The lowest BCUT2D eigenvalue weighted by atomic mass is 10.2. The zero-order chi connectivity index (χ0) is 15.4. The van der Waals surface area contributed by atoms with E-state index in [1.54, 1.807) is 6.92 Å². The Kier molecular flexibility index (Phi) is 4.98. The third-order valence-electron chi connectivity index (χ3n) is 3.90. The van der Waals surface area contributed by atoms with Gasteiger partial charge in [0.2, 0.25) is 5.91 Å². The first kappa shape index (κ1) is 15.5. The Morgan fingerprint density at radius 3 is 2.43 bits per heavy atom. The van der Waals surface area contributed by atoms with Crippen molar-refractivity contribution in [1.82, 2.24) is 14.9 Å². The van der Waals surface area contributed by atoms with Gasteiger partial charge in [-0.3, -0.25) is 4.79 Å². The van der Waals surface area contributed by atoms with Crippen LogP contribution in [0.1, 0.15) is 31.7 Å². The van der Waals surface area contributed by atoms with Gasteiger partial charge in [0.1, 0.15) is 17.5 Å². The molecular weight excluding hydrogens is 266 g/mol. The van der Waals surface area contributed by atoms with E-state index in [0.29, 0.717) is 0 Å². The van der Waals surface area contributed by atoms with Gasteiger partial charge in [0.25, 0.3) is 0 Å². The van der Waals surface area contributed by atoms with E-state index >= 15 is 0 Å². The molecule has 1 aliphatic rings. The molecule has 0 atom stereocenters. The Morgan fingerprint density at radius 2 is 1.90 bits per heavy atom. The van der Waals surface area contributed by atoms with Crippen molar-refractivity contribution >= 4 is 17.5 Å². The minimum Gasteiger partial charge on any atom is -0.373 e. The molecule has 0 aromatic carbocycles. The standard InChI is InChI=1S/C15H25N5O/c1-5-6-13-17-14(16-4)11(2)15(18-13)20-9-7-19(8-10-20)12(3)21/h5-10H2,1-4H3,(H,16,17,18). The quantitative estimate of drug-likeness (QED) is 0.910. The third kappa shape index (κ3) is 3.43. The molecule has 21 heavy (non-hydrogen) atoms. The number of aromatic nitrogens is 2. The minimum atomic E-state index is 0.150. The summed E-state index contributed by atoms with van der Waals surface area (Å²) in [5, 5.41) is 3.16. The number of rotatable bonds is 4. The lowest BCUT2D eigenvalue weighted by molar-refractivity contribution is -0.129. The Balaban J connectivity index is 2.22. The zero-order valence-corrected chi connectivity index (χ0v) is 13.4. The van der Waals surface area contributed by atoms with Gasteiger partial charge in [0.05, 0.1) is 0 Å². The molecule has 6 heteroatoms. The predicted molar refractivity (Wildman–Crippen MR) is 84.8 cm³/mol. The average Bonchev–Trinajstić information content (AvgIpc) is 2.49. The van der Waals surface area contributed by atoms with E-state index in [-0.39, 0.29) is 5.91 Å². The summed E-state index contributed by atoms with van der Waals surface area (Å²) in [5.41, 5.74) is 1.08. The summed E-state index contributed by atoms with van der Waals surface area (Å²) in [5.74, 6) is 2.94. The van der Waals surface area contributed by atoms with Gasteiger partial charge in [-0.15, -0.1) is 0 Å². The summed E-state index contributed by atoms with van der Waals surface area (Å²) >= 11 is 0. The molecule has 1 amide bonds. The van der Waals surface area contributed by atoms with Crippen molar-refractivity contribution < 1.29 is 4.79 Å². The Bertz CT molecular complexity index is 509. The number of nitrogens with zero attached hydrogens (tertiary/aromatic N) is 4. The fourth-order valence-electron chi connectivity index (χ4n) is 2.67. The largest absolute Gasteiger partial charge is 0.373 e. The van der Waals surface area contributed by atoms with Crippen molar-refractivity contribution in [1.29, 1.82) is 0 Å². The fourth-order valence-corrected chi connectivity index (χ4v) is 2.67. The minimum absolute atomic E-state index is 0.150. The maximum Gasteiger partial charge on any atom is 0.219 e. The molecule has 1 fully saturated rings. The summed E-state index contributed by atoms with van der Waals surface area (Å²) in [4.78, 5) is 24.9. The van der Waals surface area contributed by atoms with E-state index < -0.39 is 0 Å². The number of anilines is 2. The van der Waals surface area contributed by atoms with Crippen LogP contribution in [0.3, 0.4) is 0 Å². The smallest absolute Gasteiger partial charge is 0.219 e. The Hall–Kier alpha value is -1.85. The second kappa shape index (κ2) is 6.74. The molecule has 6 nitrogen and oxygen atoms in total. The molecule has 0 aliphatic carbocycles. The van der Waals surface area contributed by atoms with Crippen LogP contribution in [0.25, 0.3) is 0 Å². The molecule has 0 spiro atoms. The molecule has 1 aromatic heterocycles. The van der Waals surface area contributed by atoms with E-state index in [1.165, 1.54) is 0 Å². The van der Waals surface area contributed by atoms with Crippen LogP contribution in [0.15, 0.2) is 0 Å². The highest BCUT2D eigenvalue weighted by atomic mass is 16.2. The van der Waals surface area contributed by atoms with Crippen LogP contribution in [0.5, 0.6) is 0 Å². The average molecular weight is 291 g/mol. The zero-order valence-electron chi connectivity index (χ0n) is 13.4. The van der Waals surface area contributed by atoms with Crippen molar-refractivity contribution in [2.45, 2.75) is 33.6 Å². The fraction of sp³-hybridized carbons (Fsp3) is 0.667. The van der Waals surface area contributed by atoms with Crippen LogP contribution in [-0.4, -0.2) is 54.0 Å². The molecule has 1 N–H and O–H groups in total. The number of carbonyl (C=O) groups is 1. The van der Waals surface area contributed by atoms with E-state index in [4.69, 9.17) is 4.98 Å². The highest BCUT2D eigenvalue weighted by molar-refractivity contribution is 5.73. The lowest BCUT2D eigenvalue weighted by Crippen LogP contribution is -2.48. The monoisotopic (exact) mass is 291 g/mol. The second-order valence-electron chi connectivity index (χ2n) is 5.43. The molecule has 2 heterocycles. The maximum atomic E-state index is 11.4. The summed E-state index contributed by atoms with van der Waals surface area (Å²) in [6, 6.07) is 0. The number of nitrogens with one attached hydrogen (secondary N) is 1. The molecule has 0 saturated carbocycles. The first-order chi connectivity index (χ1) is 10.1. The van der Waals surface area contributed by atoms with Crippen LogP contribution in [0.4, 0.5) is 11.6 Å². The Morgan fingerprint density at radius 1 is 1.24 bits per heavy atom. The molecule has 1 saturated heterocycles. The summed E-state index contributed by atoms with van der Waals surface area (Å²) in [7, 11) is 1.89. The van der Waals surface area contributed by atoms with Gasteiger partial charge in [-0.25, -0.2) is 9.97 Å². The number of aryl methyl sites for hydroxylation is 1. The highest BCUT2D eigenvalue weighted by Gasteiger charge is 2.22. The molecule has 0 unspecified atom stereocenters. The summed E-state index contributed by atoms with van der Waals surface area (Å²) < 4.78 is 0. The predicted octanol–water partition coefficient (Wildman–Crippen LogP) is 1.45. The van der Waals surface area contributed by atoms with E-state index in [1.807, 2.05) is 18.9 Å². The van der Waals surface area contributed by atoms with Crippen molar-refractivity contribution in [3.05, 3.63) is 11.4 Å². The summed E-state index contributed by atoms with van der Waals surface area (Å²) in [6.07, 6.45) is 1.92. The topological polar surface area (TPSA) is 61.4 Å². The third-order valence-corrected chi connectivity index (χ3v) is 3.90. The van der Waals surface area contributed by atoms with Crippen LogP contribution in [0, 0.1) is 6.92 Å². The van der Waals surface area contributed by atoms with Gasteiger partial charge in [0.15, 0.2) is 0 Å². The molecule has 1 aromatic rings. The van der Waals surface area contributed by atoms with Gasteiger partial charge in [-0.05, 0) is 13.3 Å². The van der Waals surface area contributed by atoms with Crippen LogP contribution in [-0.2, 0) is 11.2 Å². The van der Waals surface area contributed by atoms with Crippen molar-refractivity contribution in [2.75, 3.05) is 43.4 Å². The molecule has 0 bridgehead atoms. The van der Waals surface area contributed by atoms with Gasteiger partial charge in [-0.2, -0.15) is 0 Å². The number of carbonyl (C=O) groups excluding carboxylic acids is 1. The molecule has 1 aliphatic heterocycles. The van der Waals surface area contributed by atoms with Gasteiger partial charge < -0.3 is 15.1 Å².